The number of carbonyl (C=O) groups is 5. The molecular weight excluding hydrogens is 730 g/mol. The number of carboxylic acids is 1. The van der Waals surface area contributed by atoms with E-state index < -0.39 is 77.6 Å². The number of hydrogen-bond donors (Lipinski definition) is 5. The van der Waals surface area contributed by atoms with Gasteiger partial charge in [0.2, 0.25) is 11.8 Å². The molecule has 0 unspecified atom stereocenters. The average molecular weight is 806 g/mol. The summed E-state index contributed by atoms with van der Waals surface area (Å²) in [5, 5.41) is 28.2. The molecule has 0 bridgehead atoms. The standard InChI is InChI=1S/C44H75N3O10/c1-10-11-12-13-14-15-16-17-18-19-20-22-25-31(4)38(32(5)41(51)52)56-42(53)35(29-55-28-34-26-23-21-24-27-34)45-40(50)37(33(6)48)46-39(49)36(30(2)3)47-43(54)57-44(7,8)9/h21,23-24,26-27,30-33,35-38,48H,10-20,22,25,28-29H2,1-9H3,(H,45,50)(H,46,49)(H,47,54)(H,51,52)/t31-,32+,33+,35-,36-,37-,38+/m0/s1. The smallest absolute Gasteiger partial charge is 0.408 e. The third-order valence-corrected chi connectivity index (χ3v) is 9.89. The molecule has 3 amide bonds. The predicted molar refractivity (Wildman–Crippen MR) is 221 cm³/mol. The van der Waals surface area contributed by atoms with E-state index in [4.69, 9.17) is 14.2 Å². The molecule has 0 saturated heterocycles. The Hall–Kier alpha value is -3.71. The zero-order valence-corrected chi connectivity index (χ0v) is 36.3. The number of ether oxygens (including phenoxy) is 3. The van der Waals surface area contributed by atoms with Crippen LogP contribution in [0.1, 0.15) is 151 Å². The molecule has 0 saturated carbocycles. The van der Waals surface area contributed by atoms with Gasteiger partial charge in [-0.15, -0.1) is 0 Å². The monoisotopic (exact) mass is 806 g/mol. The van der Waals surface area contributed by atoms with Crippen molar-refractivity contribution in [2.75, 3.05) is 6.61 Å². The average Bonchev–Trinajstić information content (AvgIpc) is 3.13. The number of aliphatic hydroxyl groups is 1. The van der Waals surface area contributed by atoms with Crippen LogP contribution < -0.4 is 16.0 Å². The molecule has 5 N–H and O–H groups in total. The van der Waals surface area contributed by atoms with Crippen molar-refractivity contribution in [2.45, 2.75) is 188 Å². The Kier molecular flexibility index (Phi) is 25.1. The molecule has 326 valence electrons. The first-order chi connectivity index (χ1) is 26.9. The Labute approximate surface area is 342 Å². The highest BCUT2D eigenvalue weighted by molar-refractivity contribution is 5.93. The van der Waals surface area contributed by atoms with E-state index in [0.717, 1.165) is 31.2 Å². The molecule has 0 aliphatic carbocycles. The van der Waals surface area contributed by atoms with Crippen molar-refractivity contribution < 1.29 is 48.4 Å². The molecule has 57 heavy (non-hydrogen) atoms. The van der Waals surface area contributed by atoms with Gasteiger partial charge in [-0.2, -0.15) is 0 Å². The van der Waals surface area contributed by atoms with Crippen LogP contribution in [0.15, 0.2) is 30.3 Å². The molecular formula is C44H75N3O10. The first kappa shape index (κ1) is 51.3. The van der Waals surface area contributed by atoms with E-state index in [1.165, 1.54) is 65.2 Å². The van der Waals surface area contributed by atoms with Gasteiger partial charge in [-0.05, 0) is 58.4 Å². The van der Waals surface area contributed by atoms with Crippen molar-refractivity contribution in [3.05, 3.63) is 35.9 Å². The maximum Gasteiger partial charge on any atom is 0.408 e. The van der Waals surface area contributed by atoms with Gasteiger partial charge in [-0.25, -0.2) is 9.59 Å². The number of unbranched alkanes of at least 4 members (excludes halogenated alkanes) is 11. The van der Waals surface area contributed by atoms with Gasteiger partial charge in [0, 0.05) is 0 Å². The number of aliphatic hydroxyl groups excluding tert-OH is 1. The Morgan fingerprint density at radius 3 is 1.74 bits per heavy atom. The highest BCUT2D eigenvalue weighted by Crippen LogP contribution is 2.24. The lowest BCUT2D eigenvalue weighted by molar-refractivity contribution is -0.166. The zero-order chi connectivity index (χ0) is 43.0. The van der Waals surface area contributed by atoms with Crippen LogP contribution in [-0.4, -0.2) is 82.6 Å². The maximum atomic E-state index is 13.9. The Morgan fingerprint density at radius 2 is 1.25 bits per heavy atom. The number of esters is 1. The minimum atomic E-state index is -1.54. The molecule has 1 aromatic rings. The second-order valence-electron chi connectivity index (χ2n) is 16.8. The molecule has 0 radical (unpaired) electrons. The van der Waals surface area contributed by atoms with Gasteiger partial charge in [0.25, 0.3) is 0 Å². The molecule has 0 spiro atoms. The number of rotatable bonds is 29. The number of carboxylic acid groups (broad SMARTS) is 1. The van der Waals surface area contributed by atoms with Gasteiger partial charge in [-0.1, -0.05) is 135 Å². The predicted octanol–water partition coefficient (Wildman–Crippen LogP) is 7.46. The molecule has 13 heteroatoms. The van der Waals surface area contributed by atoms with Gasteiger partial charge in [0.05, 0.1) is 25.2 Å². The van der Waals surface area contributed by atoms with Crippen LogP contribution in [-0.2, 0) is 40.0 Å². The van der Waals surface area contributed by atoms with E-state index in [9.17, 15) is 34.2 Å². The van der Waals surface area contributed by atoms with E-state index in [0.29, 0.717) is 6.42 Å². The first-order valence-electron chi connectivity index (χ1n) is 21.2. The second-order valence-corrected chi connectivity index (χ2v) is 16.8. The zero-order valence-electron chi connectivity index (χ0n) is 36.3. The Morgan fingerprint density at radius 1 is 0.719 bits per heavy atom. The number of hydrogen-bond acceptors (Lipinski definition) is 9. The van der Waals surface area contributed by atoms with E-state index in [2.05, 4.69) is 22.9 Å². The molecule has 0 aromatic heterocycles. The van der Waals surface area contributed by atoms with Gasteiger partial charge in [0.15, 0.2) is 6.04 Å². The number of carbonyl (C=O) groups excluding carboxylic acids is 4. The largest absolute Gasteiger partial charge is 0.481 e. The Balaban J connectivity index is 3.05. The number of benzene rings is 1. The summed E-state index contributed by atoms with van der Waals surface area (Å²) in [6.07, 6.45) is 11.8. The molecule has 7 atom stereocenters. The fourth-order valence-corrected chi connectivity index (χ4v) is 6.46. The lowest BCUT2D eigenvalue weighted by Crippen LogP contribution is -2.60. The summed E-state index contributed by atoms with van der Waals surface area (Å²) in [7, 11) is 0. The number of nitrogens with one attached hydrogen (secondary N) is 3. The van der Waals surface area contributed by atoms with Gasteiger partial charge in [-0.3, -0.25) is 14.4 Å². The van der Waals surface area contributed by atoms with Crippen LogP contribution in [0.3, 0.4) is 0 Å². The van der Waals surface area contributed by atoms with Crippen LogP contribution in [0.25, 0.3) is 0 Å². The van der Waals surface area contributed by atoms with E-state index in [-0.39, 0.29) is 19.1 Å². The molecule has 0 aliphatic rings. The molecule has 13 nitrogen and oxygen atoms in total. The lowest BCUT2D eigenvalue weighted by Gasteiger charge is -2.30. The summed E-state index contributed by atoms with van der Waals surface area (Å²) in [5.74, 6) is -5.42. The summed E-state index contributed by atoms with van der Waals surface area (Å²) < 4.78 is 17.0. The third kappa shape index (κ3) is 22.1. The van der Waals surface area contributed by atoms with Crippen LogP contribution in [0, 0.1) is 17.8 Å². The van der Waals surface area contributed by atoms with Gasteiger partial charge >= 0.3 is 18.0 Å². The fraction of sp³-hybridized carbons (Fsp3) is 0.750. The number of alkyl carbamates (subject to hydrolysis) is 1. The normalized spacial score (nSPS) is 15.4. The third-order valence-electron chi connectivity index (χ3n) is 9.89. The number of aliphatic carboxylic acids is 1. The SMILES string of the molecule is CCCCCCCCCCCCCC[C@H](C)[C@@H](OC(=O)[C@H](COCc1ccccc1)NC(=O)[C@@H](NC(=O)[C@@H](NC(=O)OC(C)(C)C)C(C)C)[C@@H](C)O)[C@@H](C)C(=O)O. The highest BCUT2D eigenvalue weighted by atomic mass is 16.6. The second kappa shape index (κ2) is 27.8. The molecule has 1 aromatic carbocycles. The summed E-state index contributed by atoms with van der Waals surface area (Å²) in [4.78, 5) is 65.7. The topological polar surface area (TPSA) is 190 Å². The summed E-state index contributed by atoms with van der Waals surface area (Å²) >= 11 is 0. The Bertz CT molecular complexity index is 1320. The van der Waals surface area contributed by atoms with Crippen molar-refractivity contribution in [3.63, 3.8) is 0 Å². The van der Waals surface area contributed by atoms with E-state index in [1.54, 1.807) is 34.6 Å². The summed E-state index contributed by atoms with van der Waals surface area (Å²) in [6.45, 7) is 15.1. The quantitative estimate of drug-likeness (QED) is 0.0401. The van der Waals surface area contributed by atoms with Crippen LogP contribution in [0.5, 0.6) is 0 Å². The molecule has 0 aliphatic heterocycles. The van der Waals surface area contributed by atoms with Crippen LogP contribution in [0.4, 0.5) is 4.79 Å². The lowest BCUT2D eigenvalue weighted by atomic mass is 9.89. The van der Waals surface area contributed by atoms with Crippen molar-refractivity contribution in [1.29, 1.82) is 0 Å². The summed E-state index contributed by atoms with van der Waals surface area (Å²) in [6, 6.07) is 5.12. The minimum absolute atomic E-state index is 0.105. The van der Waals surface area contributed by atoms with E-state index in [1.807, 2.05) is 37.3 Å². The van der Waals surface area contributed by atoms with Gasteiger partial charge in [0.1, 0.15) is 23.8 Å². The molecule has 1 rings (SSSR count). The maximum absolute atomic E-state index is 13.9. The van der Waals surface area contributed by atoms with Gasteiger partial charge < -0.3 is 40.4 Å². The minimum Gasteiger partial charge on any atom is -0.481 e. The van der Waals surface area contributed by atoms with Crippen molar-refractivity contribution in [2.24, 2.45) is 17.8 Å². The number of amides is 3. The highest BCUT2D eigenvalue weighted by Gasteiger charge is 2.37. The van der Waals surface area contributed by atoms with E-state index >= 15 is 0 Å². The molecule has 0 fully saturated rings. The van der Waals surface area contributed by atoms with Crippen LogP contribution >= 0.6 is 0 Å². The first-order valence-corrected chi connectivity index (χ1v) is 21.2. The van der Waals surface area contributed by atoms with Crippen molar-refractivity contribution in [1.82, 2.24) is 16.0 Å². The van der Waals surface area contributed by atoms with Crippen molar-refractivity contribution >= 4 is 29.8 Å². The fourth-order valence-electron chi connectivity index (χ4n) is 6.46. The van der Waals surface area contributed by atoms with Crippen molar-refractivity contribution in [3.8, 4) is 0 Å². The molecule has 0 heterocycles. The summed E-state index contributed by atoms with van der Waals surface area (Å²) in [5.41, 5.74) is -0.00220. The van der Waals surface area contributed by atoms with Crippen LogP contribution in [0.2, 0.25) is 0 Å².